The summed E-state index contributed by atoms with van der Waals surface area (Å²) in [6.07, 6.45) is 1.53. The highest BCUT2D eigenvalue weighted by atomic mass is 32.2. The fourth-order valence-corrected chi connectivity index (χ4v) is 3.58. The SMILES string of the molecule is COc1ccc(S(=O)(=O)c2c[nH]c3ccccc23)cc1. The number of aromatic nitrogens is 1. The van der Waals surface area contributed by atoms with Crippen LogP contribution in [0.4, 0.5) is 0 Å². The Hall–Kier alpha value is -2.27. The lowest BCUT2D eigenvalue weighted by Gasteiger charge is -2.04. The van der Waals surface area contributed by atoms with E-state index >= 15 is 0 Å². The fraction of sp³-hybridized carbons (Fsp3) is 0.0667. The molecule has 0 aliphatic carbocycles. The lowest BCUT2D eigenvalue weighted by molar-refractivity contribution is 0.414. The molecule has 0 radical (unpaired) electrons. The first-order valence-corrected chi connectivity index (χ1v) is 7.56. The van der Waals surface area contributed by atoms with Gasteiger partial charge >= 0.3 is 0 Å². The second-order valence-electron chi connectivity index (χ2n) is 4.38. The molecule has 3 rings (SSSR count). The Bertz CT molecular complexity index is 848. The molecule has 4 nitrogen and oxygen atoms in total. The molecule has 0 unspecified atom stereocenters. The molecular weight excluding hydrogens is 274 g/mol. The summed E-state index contributed by atoms with van der Waals surface area (Å²) < 4.78 is 30.3. The van der Waals surface area contributed by atoms with Crippen LogP contribution >= 0.6 is 0 Å². The van der Waals surface area contributed by atoms with Crippen molar-refractivity contribution in [2.24, 2.45) is 0 Å². The molecule has 3 aromatic rings. The number of hydrogen-bond donors (Lipinski definition) is 1. The van der Waals surface area contributed by atoms with Crippen LogP contribution in [0, 0.1) is 0 Å². The van der Waals surface area contributed by atoms with Crippen molar-refractivity contribution in [1.29, 1.82) is 0 Å². The zero-order chi connectivity index (χ0) is 14.2. The summed E-state index contributed by atoms with van der Waals surface area (Å²) in [5.41, 5.74) is 0.805. The summed E-state index contributed by atoms with van der Waals surface area (Å²) in [7, 11) is -1.99. The minimum absolute atomic E-state index is 0.253. The average molecular weight is 287 g/mol. The zero-order valence-corrected chi connectivity index (χ0v) is 11.6. The van der Waals surface area contributed by atoms with Crippen molar-refractivity contribution in [3.8, 4) is 5.75 Å². The van der Waals surface area contributed by atoms with Crippen molar-refractivity contribution < 1.29 is 13.2 Å². The Morgan fingerprint density at radius 1 is 1.00 bits per heavy atom. The second-order valence-corrected chi connectivity index (χ2v) is 6.30. The van der Waals surface area contributed by atoms with Gasteiger partial charge in [0, 0.05) is 17.1 Å². The third kappa shape index (κ3) is 1.96. The molecule has 0 amide bonds. The van der Waals surface area contributed by atoms with Gasteiger partial charge in [-0.25, -0.2) is 8.42 Å². The van der Waals surface area contributed by atoms with Crippen LogP contribution in [-0.2, 0) is 9.84 Å². The number of rotatable bonds is 3. The number of nitrogens with one attached hydrogen (secondary N) is 1. The van der Waals surface area contributed by atoms with Gasteiger partial charge in [-0.15, -0.1) is 0 Å². The highest BCUT2D eigenvalue weighted by Gasteiger charge is 2.21. The fourth-order valence-electron chi connectivity index (χ4n) is 2.15. The smallest absolute Gasteiger partial charge is 0.208 e. The molecular formula is C15H13NO3S. The molecule has 0 saturated carbocycles. The van der Waals surface area contributed by atoms with Crippen LogP contribution in [0.15, 0.2) is 64.5 Å². The Morgan fingerprint density at radius 2 is 1.70 bits per heavy atom. The molecule has 0 saturated heterocycles. The highest BCUT2D eigenvalue weighted by Crippen LogP contribution is 2.28. The van der Waals surface area contributed by atoms with Crippen LogP contribution in [0.1, 0.15) is 0 Å². The number of aromatic amines is 1. The van der Waals surface area contributed by atoms with Crippen molar-refractivity contribution in [2.75, 3.05) is 7.11 Å². The number of H-pyrrole nitrogens is 1. The van der Waals surface area contributed by atoms with Gasteiger partial charge < -0.3 is 9.72 Å². The molecule has 0 atom stereocenters. The van der Waals surface area contributed by atoms with Crippen molar-refractivity contribution >= 4 is 20.7 Å². The molecule has 0 bridgehead atoms. The minimum Gasteiger partial charge on any atom is -0.497 e. The number of para-hydroxylation sites is 1. The van der Waals surface area contributed by atoms with E-state index in [1.165, 1.54) is 6.20 Å². The molecule has 0 aliphatic rings. The number of ether oxygens (including phenoxy) is 1. The summed E-state index contributed by atoms with van der Waals surface area (Å²) in [4.78, 5) is 3.53. The summed E-state index contributed by atoms with van der Waals surface area (Å²) in [5, 5.41) is 0.698. The standard InChI is InChI=1S/C15H13NO3S/c1-19-11-6-8-12(9-7-11)20(17,18)15-10-16-14-5-3-2-4-13(14)15/h2-10,16H,1H3. The Kier molecular flexibility index (Phi) is 2.99. The maximum atomic E-state index is 12.6. The predicted molar refractivity (Wildman–Crippen MR) is 76.7 cm³/mol. The van der Waals surface area contributed by atoms with Crippen molar-refractivity contribution in [1.82, 2.24) is 4.98 Å². The average Bonchev–Trinajstić information content (AvgIpc) is 2.92. The summed E-state index contributed by atoms with van der Waals surface area (Å²) >= 11 is 0. The first-order chi connectivity index (χ1) is 9.63. The molecule has 20 heavy (non-hydrogen) atoms. The zero-order valence-electron chi connectivity index (χ0n) is 10.8. The molecule has 1 aromatic heterocycles. The largest absolute Gasteiger partial charge is 0.497 e. The number of methoxy groups -OCH3 is 1. The van der Waals surface area contributed by atoms with Gasteiger partial charge in [-0.3, -0.25) is 0 Å². The van der Waals surface area contributed by atoms with E-state index in [0.29, 0.717) is 16.0 Å². The van der Waals surface area contributed by atoms with Crippen molar-refractivity contribution in [2.45, 2.75) is 9.79 Å². The maximum absolute atomic E-state index is 12.6. The highest BCUT2D eigenvalue weighted by molar-refractivity contribution is 7.91. The Labute approximate surface area is 116 Å². The van der Waals surface area contributed by atoms with Crippen LogP contribution in [0.25, 0.3) is 10.9 Å². The van der Waals surface area contributed by atoms with Gasteiger partial charge in [-0.2, -0.15) is 0 Å². The third-order valence-electron chi connectivity index (χ3n) is 3.21. The number of benzene rings is 2. The summed E-state index contributed by atoms with van der Waals surface area (Å²) in [6, 6.07) is 13.7. The topological polar surface area (TPSA) is 59.2 Å². The van der Waals surface area contributed by atoms with Gasteiger partial charge in [-0.1, -0.05) is 18.2 Å². The third-order valence-corrected chi connectivity index (χ3v) is 5.02. The van der Waals surface area contributed by atoms with Gasteiger partial charge in [0.05, 0.1) is 16.9 Å². The van der Waals surface area contributed by atoms with Gasteiger partial charge in [0.2, 0.25) is 9.84 Å². The first kappa shape index (κ1) is 12.7. The number of hydrogen-bond acceptors (Lipinski definition) is 3. The van der Waals surface area contributed by atoms with Crippen LogP contribution in [0.5, 0.6) is 5.75 Å². The van der Waals surface area contributed by atoms with Crippen LogP contribution in [0.3, 0.4) is 0 Å². The van der Waals surface area contributed by atoms with Crippen LogP contribution < -0.4 is 4.74 Å². The van der Waals surface area contributed by atoms with Crippen molar-refractivity contribution in [3.63, 3.8) is 0 Å². The minimum atomic E-state index is -3.53. The summed E-state index contributed by atoms with van der Waals surface area (Å²) in [6.45, 7) is 0. The molecule has 0 aliphatic heterocycles. The van der Waals surface area contributed by atoms with Gasteiger partial charge in [-0.05, 0) is 30.3 Å². The van der Waals surface area contributed by atoms with E-state index in [9.17, 15) is 8.42 Å². The maximum Gasteiger partial charge on any atom is 0.208 e. The molecule has 1 heterocycles. The molecule has 1 N–H and O–H groups in total. The molecule has 2 aromatic carbocycles. The van der Waals surface area contributed by atoms with Gasteiger partial charge in [0.1, 0.15) is 5.75 Å². The van der Waals surface area contributed by atoms with Crippen LogP contribution in [-0.4, -0.2) is 20.5 Å². The van der Waals surface area contributed by atoms with E-state index in [1.807, 2.05) is 18.2 Å². The van der Waals surface area contributed by atoms with E-state index in [1.54, 1.807) is 37.4 Å². The van der Waals surface area contributed by atoms with E-state index in [2.05, 4.69) is 4.98 Å². The lowest BCUT2D eigenvalue weighted by atomic mass is 10.2. The quantitative estimate of drug-likeness (QED) is 0.805. The van der Waals surface area contributed by atoms with E-state index in [0.717, 1.165) is 5.52 Å². The molecule has 5 heteroatoms. The predicted octanol–water partition coefficient (Wildman–Crippen LogP) is 3.01. The summed E-state index contributed by atoms with van der Waals surface area (Å²) in [5.74, 6) is 0.628. The molecule has 0 fully saturated rings. The first-order valence-electron chi connectivity index (χ1n) is 6.08. The van der Waals surface area contributed by atoms with Gasteiger partial charge in [0.25, 0.3) is 0 Å². The Balaban J connectivity index is 2.15. The normalized spacial score (nSPS) is 11.7. The number of fused-ring (bicyclic) bond motifs is 1. The second kappa shape index (κ2) is 4.68. The van der Waals surface area contributed by atoms with Crippen LogP contribution in [0.2, 0.25) is 0 Å². The van der Waals surface area contributed by atoms with Gasteiger partial charge in [0.15, 0.2) is 0 Å². The molecule has 0 spiro atoms. The molecule has 102 valence electrons. The van der Waals surface area contributed by atoms with Crippen molar-refractivity contribution in [3.05, 3.63) is 54.7 Å². The van der Waals surface area contributed by atoms with E-state index < -0.39 is 9.84 Å². The monoisotopic (exact) mass is 287 g/mol. The van der Waals surface area contributed by atoms with E-state index in [-0.39, 0.29) is 4.90 Å². The Morgan fingerprint density at radius 3 is 2.40 bits per heavy atom. The number of sulfone groups is 1. The van der Waals surface area contributed by atoms with E-state index in [4.69, 9.17) is 4.74 Å². The lowest BCUT2D eigenvalue weighted by Crippen LogP contribution is -2.01.